The second-order valence-corrected chi connectivity index (χ2v) is 6.94. The zero-order valence-electron chi connectivity index (χ0n) is 14.6. The summed E-state index contributed by atoms with van der Waals surface area (Å²) in [4.78, 5) is 14.9. The number of allylic oxidation sites excluding steroid dienone is 1. The number of aromatic nitrogens is 1. The Kier molecular flexibility index (Phi) is 4.67. The third kappa shape index (κ3) is 3.39. The molecule has 0 atom stereocenters. The summed E-state index contributed by atoms with van der Waals surface area (Å²) in [5.41, 5.74) is 2.94. The lowest BCUT2D eigenvalue weighted by Gasteiger charge is -2.02. The van der Waals surface area contributed by atoms with E-state index in [4.69, 9.17) is 0 Å². The molecular formula is C22H13N3O2S. The maximum absolute atomic E-state index is 10.8. The highest BCUT2D eigenvalue weighted by Crippen LogP contribution is 2.29. The van der Waals surface area contributed by atoms with Gasteiger partial charge in [-0.15, -0.1) is 11.3 Å². The highest BCUT2D eigenvalue weighted by atomic mass is 32.1. The SMILES string of the molecule is N#C/C(=C\c1cccc2ccccc12)c1nc(-c2ccc([N+](=O)[O-])cc2)cs1. The maximum atomic E-state index is 10.8. The molecule has 1 heterocycles. The van der Waals surface area contributed by atoms with E-state index in [1.54, 1.807) is 12.1 Å². The number of benzene rings is 3. The number of non-ortho nitro benzene ring substituents is 1. The normalized spacial score (nSPS) is 11.3. The van der Waals surface area contributed by atoms with E-state index in [-0.39, 0.29) is 5.69 Å². The van der Waals surface area contributed by atoms with E-state index in [1.807, 2.05) is 53.9 Å². The summed E-state index contributed by atoms with van der Waals surface area (Å²) in [7, 11) is 0. The number of hydrogen-bond donors (Lipinski definition) is 0. The maximum Gasteiger partial charge on any atom is 0.269 e. The molecule has 1 aromatic heterocycles. The highest BCUT2D eigenvalue weighted by molar-refractivity contribution is 7.11. The lowest BCUT2D eigenvalue weighted by molar-refractivity contribution is -0.384. The molecule has 0 amide bonds. The van der Waals surface area contributed by atoms with Crippen molar-refractivity contribution in [3.63, 3.8) is 0 Å². The predicted molar refractivity (Wildman–Crippen MR) is 112 cm³/mol. The Morgan fingerprint density at radius 1 is 1.07 bits per heavy atom. The molecule has 4 aromatic rings. The van der Waals surface area contributed by atoms with Crippen LogP contribution in [0.5, 0.6) is 0 Å². The molecule has 0 aliphatic rings. The molecule has 28 heavy (non-hydrogen) atoms. The first kappa shape index (κ1) is 17.6. The predicted octanol–water partition coefficient (Wildman–Crippen LogP) is 5.94. The molecule has 134 valence electrons. The molecule has 0 unspecified atom stereocenters. The molecule has 3 aromatic carbocycles. The first-order valence-corrected chi connectivity index (χ1v) is 9.34. The highest BCUT2D eigenvalue weighted by Gasteiger charge is 2.11. The second kappa shape index (κ2) is 7.43. The van der Waals surface area contributed by atoms with Crippen LogP contribution in [0, 0.1) is 21.4 Å². The van der Waals surface area contributed by atoms with Crippen LogP contribution in [0.15, 0.2) is 72.1 Å². The Hall–Kier alpha value is -3.82. The summed E-state index contributed by atoms with van der Waals surface area (Å²) in [5.74, 6) is 0. The Morgan fingerprint density at radius 3 is 2.57 bits per heavy atom. The number of nitrogens with zero attached hydrogens (tertiary/aromatic N) is 3. The van der Waals surface area contributed by atoms with Gasteiger partial charge in [0.25, 0.3) is 5.69 Å². The third-order valence-electron chi connectivity index (χ3n) is 4.35. The lowest BCUT2D eigenvalue weighted by Crippen LogP contribution is -1.87. The largest absolute Gasteiger partial charge is 0.269 e. The van der Waals surface area contributed by atoms with Gasteiger partial charge in [0.05, 0.1) is 16.2 Å². The monoisotopic (exact) mass is 383 g/mol. The standard InChI is InChI=1S/C22H13N3O2S/c23-13-18(12-17-6-3-5-15-4-1-2-7-20(15)17)22-24-21(14-28-22)16-8-10-19(11-9-16)25(26)27/h1-12,14H/b18-12+. The zero-order chi connectivity index (χ0) is 19.5. The van der Waals surface area contributed by atoms with Gasteiger partial charge in [0.1, 0.15) is 11.1 Å². The molecule has 0 fully saturated rings. The minimum atomic E-state index is -0.434. The lowest BCUT2D eigenvalue weighted by atomic mass is 10.0. The minimum absolute atomic E-state index is 0.0350. The van der Waals surface area contributed by atoms with Crippen molar-refractivity contribution in [2.45, 2.75) is 0 Å². The molecule has 5 nitrogen and oxygen atoms in total. The van der Waals surface area contributed by atoms with Gasteiger partial charge in [-0.2, -0.15) is 5.26 Å². The van der Waals surface area contributed by atoms with E-state index in [1.165, 1.54) is 23.5 Å². The van der Waals surface area contributed by atoms with Crippen molar-refractivity contribution in [2.24, 2.45) is 0 Å². The van der Waals surface area contributed by atoms with E-state index >= 15 is 0 Å². The van der Waals surface area contributed by atoms with E-state index in [2.05, 4.69) is 11.1 Å². The van der Waals surface area contributed by atoms with E-state index in [9.17, 15) is 15.4 Å². The van der Waals surface area contributed by atoms with Gasteiger partial charge in [0.2, 0.25) is 0 Å². The second-order valence-electron chi connectivity index (χ2n) is 6.08. The Labute approximate surface area is 165 Å². The fourth-order valence-corrected chi connectivity index (χ4v) is 3.75. The summed E-state index contributed by atoms with van der Waals surface area (Å²) < 4.78 is 0. The first-order valence-electron chi connectivity index (χ1n) is 8.46. The van der Waals surface area contributed by atoms with Gasteiger partial charge in [0.15, 0.2) is 0 Å². The number of fused-ring (bicyclic) bond motifs is 1. The van der Waals surface area contributed by atoms with Crippen LogP contribution in [0.2, 0.25) is 0 Å². The van der Waals surface area contributed by atoms with Gasteiger partial charge < -0.3 is 0 Å². The van der Waals surface area contributed by atoms with Gasteiger partial charge >= 0.3 is 0 Å². The van der Waals surface area contributed by atoms with Crippen molar-refractivity contribution in [1.29, 1.82) is 5.26 Å². The van der Waals surface area contributed by atoms with Crippen LogP contribution in [0.4, 0.5) is 5.69 Å². The number of hydrogen-bond acceptors (Lipinski definition) is 5. The molecule has 0 saturated heterocycles. The smallest absolute Gasteiger partial charge is 0.258 e. The van der Waals surface area contributed by atoms with Crippen molar-refractivity contribution >= 4 is 39.4 Å². The summed E-state index contributed by atoms with van der Waals surface area (Å²) in [6.45, 7) is 0. The van der Waals surface area contributed by atoms with Crippen LogP contribution < -0.4 is 0 Å². The van der Waals surface area contributed by atoms with Crippen LogP contribution in [0.25, 0.3) is 33.7 Å². The fraction of sp³-hybridized carbons (Fsp3) is 0. The van der Waals surface area contributed by atoms with Gasteiger partial charge in [-0.05, 0) is 34.5 Å². The Morgan fingerprint density at radius 2 is 1.82 bits per heavy atom. The van der Waals surface area contributed by atoms with E-state index in [0.29, 0.717) is 16.3 Å². The van der Waals surface area contributed by atoms with E-state index in [0.717, 1.165) is 21.9 Å². The quantitative estimate of drug-likeness (QED) is 0.248. The number of nitro groups is 1. The molecule has 0 saturated carbocycles. The zero-order valence-corrected chi connectivity index (χ0v) is 15.4. The van der Waals surface area contributed by atoms with Crippen molar-refractivity contribution in [3.05, 3.63) is 92.8 Å². The molecule has 4 rings (SSSR count). The van der Waals surface area contributed by atoms with Crippen LogP contribution in [0.1, 0.15) is 10.6 Å². The molecule has 0 N–H and O–H groups in total. The molecule has 0 spiro atoms. The number of rotatable bonds is 4. The van der Waals surface area contributed by atoms with Gasteiger partial charge in [-0.25, -0.2) is 4.98 Å². The van der Waals surface area contributed by atoms with Crippen molar-refractivity contribution < 1.29 is 4.92 Å². The molecule has 0 radical (unpaired) electrons. The molecule has 6 heteroatoms. The molecule has 0 aliphatic carbocycles. The number of nitro benzene ring substituents is 1. The van der Waals surface area contributed by atoms with Crippen LogP contribution >= 0.6 is 11.3 Å². The van der Waals surface area contributed by atoms with Crippen molar-refractivity contribution in [2.75, 3.05) is 0 Å². The molecule has 0 bridgehead atoms. The summed E-state index contributed by atoms with van der Waals surface area (Å²) in [5, 5.41) is 25.1. The van der Waals surface area contributed by atoms with Crippen molar-refractivity contribution in [3.8, 4) is 17.3 Å². The van der Waals surface area contributed by atoms with E-state index < -0.39 is 4.92 Å². The van der Waals surface area contributed by atoms with Crippen molar-refractivity contribution in [1.82, 2.24) is 4.98 Å². The number of thiazole rings is 1. The van der Waals surface area contributed by atoms with Gasteiger partial charge in [0, 0.05) is 23.1 Å². The topological polar surface area (TPSA) is 79.8 Å². The summed E-state index contributed by atoms with van der Waals surface area (Å²) in [6, 6.07) is 22.5. The fourth-order valence-electron chi connectivity index (χ4n) is 2.96. The number of nitriles is 1. The Balaban J connectivity index is 1.71. The third-order valence-corrected chi connectivity index (χ3v) is 5.23. The average Bonchev–Trinajstić information content (AvgIpc) is 3.22. The van der Waals surface area contributed by atoms with Crippen LogP contribution in [-0.4, -0.2) is 9.91 Å². The van der Waals surface area contributed by atoms with Crippen LogP contribution in [-0.2, 0) is 0 Å². The average molecular weight is 383 g/mol. The Bertz CT molecular complexity index is 1250. The molecule has 0 aliphatic heterocycles. The van der Waals surface area contributed by atoms with Gasteiger partial charge in [-0.1, -0.05) is 42.5 Å². The van der Waals surface area contributed by atoms with Crippen LogP contribution in [0.3, 0.4) is 0 Å². The minimum Gasteiger partial charge on any atom is -0.258 e. The first-order chi connectivity index (χ1) is 13.7. The summed E-state index contributed by atoms with van der Waals surface area (Å²) in [6.07, 6.45) is 1.85. The van der Waals surface area contributed by atoms with Gasteiger partial charge in [-0.3, -0.25) is 10.1 Å². The molecular weight excluding hydrogens is 370 g/mol. The summed E-state index contributed by atoms with van der Waals surface area (Å²) >= 11 is 1.38.